The van der Waals surface area contributed by atoms with E-state index in [4.69, 9.17) is 10.3 Å². The quantitative estimate of drug-likeness (QED) is 0.864. The van der Waals surface area contributed by atoms with Gasteiger partial charge in [0.2, 0.25) is 5.89 Å². The Morgan fingerprint density at radius 2 is 2.28 bits per heavy atom. The molecule has 1 aliphatic rings. The second kappa shape index (κ2) is 6.29. The van der Waals surface area contributed by atoms with Crippen molar-refractivity contribution in [3.05, 3.63) is 11.7 Å². The van der Waals surface area contributed by atoms with Crippen molar-refractivity contribution in [2.45, 2.75) is 64.6 Å². The van der Waals surface area contributed by atoms with E-state index in [1.165, 1.54) is 19.3 Å². The number of hydrogen-bond acceptors (Lipinski definition) is 5. The van der Waals surface area contributed by atoms with Crippen molar-refractivity contribution in [2.75, 3.05) is 6.54 Å². The molecule has 0 bridgehead atoms. The number of piperidine rings is 1. The average molecular weight is 252 g/mol. The van der Waals surface area contributed by atoms with Gasteiger partial charge in [0.1, 0.15) is 0 Å². The van der Waals surface area contributed by atoms with Crippen molar-refractivity contribution in [2.24, 2.45) is 5.73 Å². The molecular weight excluding hydrogens is 228 g/mol. The molecule has 1 aromatic rings. The average Bonchev–Trinajstić information content (AvgIpc) is 2.80. The second-order valence-corrected chi connectivity index (χ2v) is 5.20. The molecule has 0 saturated carbocycles. The van der Waals surface area contributed by atoms with Crippen LogP contribution in [0.25, 0.3) is 0 Å². The van der Waals surface area contributed by atoms with Gasteiger partial charge in [0.15, 0.2) is 5.82 Å². The molecule has 0 spiro atoms. The summed E-state index contributed by atoms with van der Waals surface area (Å²) in [7, 11) is 0. The van der Waals surface area contributed by atoms with E-state index in [-0.39, 0.29) is 0 Å². The van der Waals surface area contributed by atoms with Gasteiger partial charge in [-0.1, -0.05) is 18.5 Å². The minimum Gasteiger partial charge on any atom is -0.338 e. The maximum absolute atomic E-state index is 5.85. The van der Waals surface area contributed by atoms with Crippen LogP contribution < -0.4 is 5.73 Å². The third-order valence-corrected chi connectivity index (χ3v) is 3.77. The minimum absolute atomic E-state index is 0.454. The number of rotatable bonds is 5. The lowest BCUT2D eigenvalue weighted by atomic mass is 9.96. The molecule has 2 N–H and O–H groups in total. The Labute approximate surface area is 109 Å². The normalized spacial score (nSPS) is 25.5. The summed E-state index contributed by atoms with van der Waals surface area (Å²) in [4.78, 5) is 6.85. The maximum atomic E-state index is 5.85. The van der Waals surface area contributed by atoms with Gasteiger partial charge in [-0.15, -0.1) is 0 Å². The van der Waals surface area contributed by atoms with Gasteiger partial charge in [-0.3, -0.25) is 4.90 Å². The molecule has 102 valence electrons. The van der Waals surface area contributed by atoms with Crippen molar-refractivity contribution in [1.82, 2.24) is 15.0 Å². The fourth-order valence-corrected chi connectivity index (χ4v) is 2.71. The highest BCUT2D eigenvalue weighted by Crippen LogP contribution is 2.23. The number of nitrogens with two attached hydrogens (primary N) is 1. The first-order valence-corrected chi connectivity index (χ1v) is 7.01. The Balaban J connectivity index is 2.00. The van der Waals surface area contributed by atoms with Crippen LogP contribution in [0.2, 0.25) is 0 Å². The number of hydrogen-bond donors (Lipinski definition) is 1. The Morgan fingerprint density at radius 1 is 1.44 bits per heavy atom. The van der Waals surface area contributed by atoms with E-state index in [0.29, 0.717) is 18.6 Å². The predicted molar refractivity (Wildman–Crippen MR) is 70.0 cm³/mol. The minimum atomic E-state index is 0.454. The van der Waals surface area contributed by atoms with Gasteiger partial charge in [0, 0.05) is 25.0 Å². The lowest BCUT2D eigenvalue weighted by Gasteiger charge is -2.39. The fourth-order valence-electron chi connectivity index (χ4n) is 2.71. The molecule has 5 nitrogen and oxygen atoms in total. The standard InChI is InChI=1S/C13H24N4O/c1-3-5-12-15-13(18-16-12)9-17-10(2)6-4-7-11(17)8-14/h10-11H,3-9,14H2,1-2H3. The summed E-state index contributed by atoms with van der Waals surface area (Å²) in [6.45, 7) is 5.82. The summed E-state index contributed by atoms with van der Waals surface area (Å²) in [5.41, 5.74) is 5.85. The summed E-state index contributed by atoms with van der Waals surface area (Å²) >= 11 is 0. The Morgan fingerprint density at radius 3 is 3.00 bits per heavy atom. The lowest BCUT2D eigenvalue weighted by Crippen LogP contribution is -2.48. The summed E-state index contributed by atoms with van der Waals surface area (Å²) in [6.07, 6.45) is 5.61. The summed E-state index contributed by atoms with van der Waals surface area (Å²) < 4.78 is 5.32. The third kappa shape index (κ3) is 3.09. The van der Waals surface area contributed by atoms with Crippen molar-refractivity contribution in [3.8, 4) is 0 Å². The molecular formula is C13H24N4O. The van der Waals surface area contributed by atoms with Gasteiger partial charge >= 0.3 is 0 Å². The molecule has 1 fully saturated rings. The van der Waals surface area contributed by atoms with E-state index in [1.807, 2.05) is 0 Å². The van der Waals surface area contributed by atoms with E-state index in [0.717, 1.165) is 31.1 Å². The van der Waals surface area contributed by atoms with E-state index in [9.17, 15) is 0 Å². The Bertz CT molecular complexity index is 366. The zero-order valence-electron chi connectivity index (χ0n) is 11.4. The lowest BCUT2D eigenvalue weighted by molar-refractivity contribution is 0.0770. The highest BCUT2D eigenvalue weighted by atomic mass is 16.5. The SMILES string of the molecule is CCCc1noc(CN2C(C)CCCC2CN)n1. The molecule has 2 unspecified atom stereocenters. The maximum Gasteiger partial charge on any atom is 0.240 e. The first-order chi connectivity index (χ1) is 8.74. The molecule has 5 heteroatoms. The van der Waals surface area contributed by atoms with Crippen LogP contribution in [0.3, 0.4) is 0 Å². The second-order valence-electron chi connectivity index (χ2n) is 5.20. The number of aromatic nitrogens is 2. The fraction of sp³-hybridized carbons (Fsp3) is 0.846. The van der Waals surface area contributed by atoms with Gasteiger partial charge < -0.3 is 10.3 Å². The Kier molecular flexibility index (Phi) is 4.72. The Hall–Kier alpha value is -0.940. The molecule has 2 atom stereocenters. The van der Waals surface area contributed by atoms with Crippen LogP contribution in [0.1, 0.15) is 51.2 Å². The summed E-state index contributed by atoms with van der Waals surface area (Å²) in [5.74, 6) is 1.55. The molecule has 1 aliphatic heterocycles. The van der Waals surface area contributed by atoms with Crippen LogP contribution in [0.15, 0.2) is 4.52 Å². The van der Waals surface area contributed by atoms with Gasteiger partial charge in [-0.25, -0.2) is 0 Å². The largest absolute Gasteiger partial charge is 0.338 e. The molecule has 2 rings (SSSR count). The van der Waals surface area contributed by atoms with Crippen LogP contribution in [0, 0.1) is 0 Å². The highest BCUT2D eigenvalue weighted by Gasteiger charge is 2.28. The molecule has 0 radical (unpaired) electrons. The molecule has 18 heavy (non-hydrogen) atoms. The van der Waals surface area contributed by atoms with Crippen molar-refractivity contribution in [3.63, 3.8) is 0 Å². The molecule has 0 aromatic carbocycles. The first-order valence-electron chi connectivity index (χ1n) is 7.01. The molecule has 1 aromatic heterocycles. The van der Waals surface area contributed by atoms with E-state index in [2.05, 4.69) is 28.9 Å². The number of nitrogens with zero attached hydrogens (tertiary/aromatic N) is 3. The molecule has 0 amide bonds. The predicted octanol–water partition coefficient (Wildman–Crippen LogP) is 1.72. The van der Waals surface area contributed by atoms with Crippen LogP contribution >= 0.6 is 0 Å². The smallest absolute Gasteiger partial charge is 0.240 e. The highest BCUT2D eigenvalue weighted by molar-refractivity contribution is 4.90. The van der Waals surface area contributed by atoms with Crippen LogP contribution in [0.4, 0.5) is 0 Å². The van der Waals surface area contributed by atoms with Gasteiger partial charge in [0.25, 0.3) is 0 Å². The van der Waals surface area contributed by atoms with Gasteiger partial charge in [0.05, 0.1) is 6.54 Å². The van der Waals surface area contributed by atoms with Crippen molar-refractivity contribution < 1.29 is 4.52 Å². The van der Waals surface area contributed by atoms with Crippen LogP contribution in [0.5, 0.6) is 0 Å². The number of likely N-dealkylation sites (tertiary alicyclic amines) is 1. The van der Waals surface area contributed by atoms with E-state index >= 15 is 0 Å². The van der Waals surface area contributed by atoms with E-state index < -0.39 is 0 Å². The number of aryl methyl sites for hydroxylation is 1. The summed E-state index contributed by atoms with van der Waals surface area (Å²) in [6, 6.07) is 1.00. The topological polar surface area (TPSA) is 68.2 Å². The zero-order chi connectivity index (χ0) is 13.0. The van der Waals surface area contributed by atoms with Crippen molar-refractivity contribution >= 4 is 0 Å². The molecule has 1 saturated heterocycles. The van der Waals surface area contributed by atoms with Crippen molar-refractivity contribution in [1.29, 1.82) is 0 Å². The monoisotopic (exact) mass is 252 g/mol. The third-order valence-electron chi connectivity index (χ3n) is 3.77. The van der Waals surface area contributed by atoms with E-state index in [1.54, 1.807) is 0 Å². The molecule has 0 aliphatic carbocycles. The van der Waals surface area contributed by atoms with Gasteiger partial charge in [-0.2, -0.15) is 4.98 Å². The van der Waals surface area contributed by atoms with Gasteiger partial charge in [-0.05, 0) is 26.2 Å². The summed E-state index contributed by atoms with van der Waals surface area (Å²) in [5, 5.41) is 4.00. The first kappa shape index (κ1) is 13.5. The van der Waals surface area contributed by atoms with Crippen LogP contribution in [-0.4, -0.2) is 33.7 Å². The zero-order valence-corrected chi connectivity index (χ0v) is 11.4. The van der Waals surface area contributed by atoms with Crippen LogP contribution in [-0.2, 0) is 13.0 Å². The molecule has 2 heterocycles.